The predicted molar refractivity (Wildman–Crippen MR) is 62.6 cm³/mol. The van der Waals surface area contributed by atoms with Gasteiger partial charge in [0.25, 0.3) is 5.56 Å². The first kappa shape index (κ1) is 11.3. The lowest BCUT2D eigenvalue weighted by atomic mass is 10.4. The molecule has 0 amide bonds. The molecule has 9 heteroatoms. The van der Waals surface area contributed by atoms with Crippen LogP contribution in [0.4, 0.5) is 0 Å². The maximum absolute atomic E-state index is 12.1. The average molecular weight is 260 g/mol. The van der Waals surface area contributed by atoms with Gasteiger partial charge >= 0.3 is 5.97 Å². The molecule has 0 atom stereocenters. The fraction of sp³-hybridized carbons (Fsp3) is 0.200. The minimum atomic E-state index is -0.986. The zero-order chi connectivity index (χ0) is 13.4. The number of aryl methyl sites for hydroxylation is 1. The average Bonchev–Trinajstić information content (AvgIpc) is 2.86. The number of carbonyl (C=O) groups is 1. The molecule has 3 rings (SSSR count). The fourth-order valence-electron chi connectivity index (χ4n) is 1.72. The van der Waals surface area contributed by atoms with E-state index >= 15 is 0 Å². The van der Waals surface area contributed by atoms with E-state index in [4.69, 9.17) is 5.11 Å². The van der Waals surface area contributed by atoms with Gasteiger partial charge in [0.1, 0.15) is 6.33 Å². The molecular formula is C10H8N6O3. The van der Waals surface area contributed by atoms with Crippen LogP contribution in [0.15, 0.2) is 23.4 Å². The molecule has 0 aliphatic carbocycles. The Kier molecular flexibility index (Phi) is 2.44. The van der Waals surface area contributed by atoms with E-state index in [1.165, 1.54) is 21.6 Å². The minimum absolute atomic E-state index is 0.0376. The molecule has 3 aromatic heterocycles. The van der Waals surface area contributed by atoms with Crippen molar-refractivity contribution >= 4 is 22.8 Å². The normalized spacial score (nSPS) is 11.2. The molecule has 0 aliphatic rings. The summed E-state index contributed by atoms with van der Waals surface area (Å²) in [6, 6.07) is 1.64. The third kappa shape index (κ3) is 1.80. The predicted octanol–water partition coefficient (Wildman–Crippen LogP) is -0.691. The van der Waals surface area contributed by atoms with Crippen molar-refractivity contribution in [1.82, 2.24) is 29.4 Å². The highest BCUT2D eigenvalue weighted by Gasteiger charge is 2.11. The van der Waals surface area contributed by atoms with E-state index < -0.39 is 11.5 Å². The van der Waals surface area contributed by atoms with Gasteiger partial charge in [-0.05, 0) is 0 Å². The van der Waals surface area contributed by atoms with E-state index in [0.29, 0.717) is 11.3 Å². The van der Waals surface area contributed by atoms with Crippen molar-refractivity contribution in [3.63, 3.8) is 0 Å². The van der Waals surface area contributed by atoms with Gasteiger partial charge in [-0.2, -0.15) is 9.61 Å². The van der Waals surface area contributed by atoms with Crippen LogP contribution in [0.5, 0.6) is 0 Å². The molecule has 0 unspecified atom stereocenters. The van der Waals surface area contributed by atoms with Crippen molar-refractivity contribution in [3.8, 4) is 0 Å². The van der Waals surface area contributed by atoms with Crippen LogP contribution in [0.2, 0.25) is 0 Å². The zero-order valence-electron chi connectivity index (χ0n) is 9.59. The third-order valence-corrected chi connectivity index (χ3v) is 2.64. The van der Waals surface area contributed by atoms with Gasteiger partial charge in [-0.15, -0.1) is 10.2 Å². The Labute approximate surface area is 105 Å². The van der Waals surface area contributed by atoms with E-state index in [1.54, 1.807) is 6.07 Å². The first-order valence-electron chi connectivity index (χ1n) is 5.44. The minimum Gasteiger partial charge on any atom is -0.481 e. The second-order valence-electron chi connectivity index (χ2n) is 3.86. The number of carboxylic acids is 1. The molecule has 0 fully saturated rings. The molecule has 0 aromatic carbocycles. The molecule has 0 spiro atoms. The molecule has 3 aromatic rings. The van der Waals surface area contributed by atoms with Crippen molar-refractivity contribution < 1.29 is 9.90 Å². The standard InChI is InChI=1S/C10H8N6O3/c17-7(18)2-4-15-5-11-9-8(10(15)19)14-13-6-1-3-12-16(6)9/h1,3,5H,2,4H2,(H,17,18). The van der Waals surface area contributed by atoms with Crippen molar-refractivity contribution in [3.05, 3.63) is 28.9 Å². The summed E-state index contributed by atoms with van der Waals surface area (Å²) in [5, 5.41) is 20.3. The number of hydrogen-bond donors (Lipinski definition) is 1. The van der Waals surface area contributed by atoms with E-state index in [-0.39, 0.29) is 18.5 Å². The lowest BCUT2D eigenvalue weighted by molar-refractivity contribution is -0.137. The summed E-state index contributed by atoms with van der Waals surface area (Å²) in [6.07, 6.45) is 2.65. The second kappa shape index (κ2) is 4.12. The second-order valence-corrected chi connectivity index (χ2v) is 3.86. The van der Waals surface area contributed by atoms with Crippen molar-refractivity contribution in [1.29, 1.82) is 0 Å². The van der Waals surface area contributed by atoms with E-state index in [2.05, 4.69) is 20.3 Å². The third-order valence-electron chi connectivity index (χ3n) is 2.64. The maximum atomic E-state index is 12.1. The lowest BCUT2D eigenvalue weighted by Crippen LogP contribution is -2.24. The van der Waals surface area contributed by atoms with Gasteiger partial charge in [-0.25, -0.2) is 4.98 Å². The van der Waals surface area contributed by atoms with Gasteiger partial charge < -0.3 is 5.11 Å². The van der Waals surface area contributed by atoms with E-state index in [1.807, 2.05) is 0 Å². The van der Waals surface area contributed by atoms with Crippen LogP contribution in [0.25, 0.3) is 16.8 Å². The molecule has 96 valence electrons. The monoisotopic (exact) mass is 260 g/mol. The number of aromatic nitrogens is 6. The molecule has 1 N–H and O–H groups in total. The molecule has 9 nitrogen and oxygen atoms in total. The molecule has 0 aliphatic heterocycles. The smallest absolute Gasteiger partial charge is 0.305 e. The maximum Gasteiger partial charge on any atom is 0.305 e. The molecule has 0 saturated heterocycles. The molecule has 3 heterocycles. The number of aliphatic carboxylic acids is 1. The van der Waals surface area contributed by atoms with Gasteiger partial charge in [-0.3, -0.25) is 14.2 Å². The van der Waals surface area contributed by atoms with Gasteiger partial charge in [0.15, 0.2) is 16.8 Å². The number of nitrogens with zero attached hydrogens (tertiary/aromatic N) is 6. The van der Waals surface area contributed by atoms with Crippen LogP contribution in [0.3, 0.4) is 0 Å². The Morgan fingerprint density at radius 1 is 1.37 bits per heavy atom. The van der Waals surface area contributed by atoms with E-state index in [9.17, 15) is 9.59 Å². The summed E-state index contributed by atoms with van der Waals surface area (Å²) >= 11 is 0. The molecule has 19 heavy (non-hydrogen) atoms. The van der Waals surface area contributed by atoms with Crippen LogP contribution in [0, 0.1) is 0 Å². The van der Waals surface area contributed by atoms with Crippen molar-refractivity contribution in [2.45, 2.75) is 13.0 Å². The molecule has 0 radical (unpaired) electrons. The zero-order valence-corrected chi connectivity index (χ0v) is 9.59. The number of carboxylic acid groups (broad SMARTS) is 1. The van der Waals surface area contributed by atoms with Crippen molar-refractivity contribution in [2.75, 3.05) is 0 Å². The molecule has 0 bridgehead atoms. The number of hydrogen-bond acceptors (Lipinski definition) is 6. The fourth-order valence-corrected chi connectivity index (χ4v) is 1.72. The quantitative estimate of drug-likeness (QED) is 0.662. The SMILES string of the molecule is O=C(O)CCn1cnc2c(nnc3ccnn32)c1=O. The van der Waals surface area contributed by atoms with Gasteiger partial charge in [0.2, 0.25) is 0 Å². The van der Waals surface area contributed by atoms with Gasteiger partial charge in [0.05, 0.1) is 12.6 Å². The highest BCUT2D eigenvalue weighted by atomic mass is 16.4. The van der Waals surface area contributed by atoms with Crippen LogP contribution < -0.4 is 5.56 Å². The van der Waals surface area contributed by atoms with Crippen LogP contribution in [-0.4, -0.2) is 40.4 Å². The Bertz CT molecular complexity index is 836. The lowest BCUT2D eigenvalue weighted by Gasteiger charge is -2.04. The molecule has 0 saturated carbocycles. The Morgan fingerprint density at radius 3 is 3.00 bits per heavy atom. The van der Waals surface area contributed by atoms with Crippen LogP contribution in [-0.2, 0) is 11.3 Å². The summed E-state index contributed by atoms with van der Waals surface area (Å²) in [5.41, 5.74) is 0.412. The summed E-state index contributed by atoms with van der Waals surface area (Å²) in [4.78, 5) is 26.7. The number of fused-ring (bicyclic) bond motifs is 3. The first-order valence-corrected chi connectivity index (χ1v) is 5.44. The summed E-state index contributed by atoms with van der Waals surface area (Å²) < 4.78 is 2.60. The van der Waals surface area contributed by atoms with Gasteiger partial charge in [-0.1, -0.05) is 0 Å². The topological polar surface area (TPSA) is 115 Å². The van der Waals surface area contributed by atoms with Crippen LogP contribution >= 0.6 is 0 Å². The highest BCUT2D eigenvalue weighted by Crippen LogP contribution is 2.04. The van der Waals surface area contributed by atoms with Crippen LogP contribution in [0.1, 0.15) is 6.42 Å². The highest BCUT2D eigenvalue weighted by molar-refractivity contribution is 5.70. The largest absolute Gasteiger partial charge is 0.481 e. The Hall–Kier alpha value is -2.84. The summed E-state index contributed by atoms with van der Waals surface area (Å²) in [7, 11) is 0. The number of rotatable bonds is 3. The van der Waals surface area contributed by atoms with Gasteiger partial charge in [0, 0.05) is 12.6 Å². The first-order chi connectivity index (χ1) is 9.16. The molecular weight excluding hydrogens is 252 g/mol. The Balaban J connectivity index is 2.19. The van der Waals surface area contributed by atoms with Crippen molar-refractivity contribution in [2.24, 2.45) is 0 Å². The van der Waals surface area contributed by atoms with E-state index in [0.717, 1.165) is 0 Å². The summed E-state index contributed by atoms with van der Waals surface area (Å²) in [6.45, 7) is 0.0376. The summed E-state index contributed by atoms with van der Waals surface area (Å²) in [5.74, 6) is -0.986. The Morgan fingerprint density at radius 2 is 2.21 bits per heavy atom.